The van der Waals surface area contributed by atoms with Crippen molar-refractivity contribution in [3.8, 4) is 0 Å². The molecule has 0 aliphatic heterocycles. The molecule has 45 heavy (non-hydrogen) atoms. The van der Waals surface area contributed by atoms with Crippen LogP contribution in [-0.4, -0.2) is 30.9 Å². The lowest BCUT2D eigenvalue weighted by Gasteiger charge is -2.30. The lowest BCUT2D eigenvalue weighted by Crippen LogP contribution is -2.30. The van der Waals surface area contributed by atoms with Crippen molar-refractivity contribution >= 4 is 18.0 Å². The lowest BCUT2D eigenvalue weighted by molar-refractivity contribution is -0.180. The van der Waals surface area contributed by atoms with E-state index in [0.717, 1.165) is 62.7 Å². The van der Waals surface area contributed by atoms with Gasteiger partial charge in [0.2, 0.25) is 0 Å². The second-order valence-electron chi connectivity index (χ2n) is 13.3. The molecule has 4 rings (SSSR count). The van der Waals surface area contributed by atoms with E-state index < -0.39 is 6.29 Å². The summed E-state index contributed by atoms with van der Waals surface area (Å²) in [4.78, 5) is 30.6. The van der Waals surface area contributed by atoms with Crippen molar-refractivity contribution in [1.82, 2.24) is 10.8 Å². The van der Waals surface area contributed by atoms with Crippen LogP contribution in [0.1, 0.15) is 107 Å². The monoisotopic (exact) mass is 618 g/mol. The number of carbonyl (C=O) groups is 2. The first-order valence-corrected chi connectivity index (χ1v) is 17.2. The molecule has 246 valence electrons. The first kappa shape index (κ1) is 34.9. The predicted molar refractivity (Wildman–Crippen MR) is 179 cm³/mol. The second-order valence-corrected chi connectivity index (χ2v) is 13.3. The van der Waals surface area contributed by atoms with Crippen molar-refractivity contribution in [2.24, 2.45) is 17.8 Å². The first-order chi connectivity index (χ1) is 21.9. The highest BCUT2D eigenvalue weighted by atomic mass is 16.8. The minimum atomic E-state index is -0.509. The zero-order valence-corrected chi connectivity index (χ0v) is 27.6. The standard InChI is InChI=1S/C38H54N2O5/c1-28(2)27-43-29(3)45-40-37(41)23-21-31-10-9-11-33(24-31)26-39-25-32-18-16-30(17-19-32)20-22-36(34-12-5-4-6-13-34)38(42)44-35-14-7-8-15-35/h9-11,16-19,21,23-24,28-29,34-36,39H,4-8,12-15,20,22,25-27H2,1-3H3,(H,40,41)/b23-21+/t29?,36-/m0/s1. The second kappa shape index (κ2) is 18.8. The summed E-state index contributed by atoms with van der Waals surface area (Å²) >= 11 is 0. The molecule has 2 atom stereocenters. The third kappa shape index (κ3) is 12.7. The lowest BCUT2D eigenvalue weighted by atomic mass is 9.77. The first-order valence-electron chi connectivity index (χ1n) is 17.2. The molecule has 0 radical (unpaired) electrons. The van der Waals surface area contributed by atoms with Gasteiger partial charge < -0.3 is 14.8 Å². The van der Waals surface area contributed by atoms with E-state index >= 15 is 0 Å². The van der Waals surface area contributed by atoms with Crippen LogP contribution in [0.15, 0.2) is 54.6 Å². The van der Waals surface area contributed by atoms with E-state index in [-0.39, 0.29) is 23.9 Å². The summed E-state index contributed by atoms with van der Waals surface area (Å²) in [6.07, 6.45) is 15.2. The van der Waals surface area contributed by atoms with E-state index in [1.807, 2.05) is 12.1 Å². The van der Waals surface area contributed by atoms with Gasteiger partial charge in [0.25, 0.3) is 5.91 Å². The van der Waals surface area contributed by atoms with E-state index in [0.29, 0.717) is 18.4 Å². The number of carbonyl (C=O) groups excluding carboxylic acids is 2. The Bertz CT molecular complexity index is 1200. The minimum Gasteiger partial charge on any atom is -0.462 e. The Labute approximate surface area is 270 Å². The number of amides is 1. The number of hydrogen-bond acceptors (Lipinski definition) is 6. The van der Waals surface area contributed by atoms with Crippen LogP contribution in [0.3, 0.4) is 0 Å². The number of benzene rings is 2. The predicted octanol–water partition coefficient (Wildman–Crippen LogP) is 7.67. The highest BCUT2D eigenvalue weighted by molar-refractivity contribution is 5.90. The van der Waals surface area contributed by atoms with Gasteiger partial charge in [-0.2, -0.15) is 0 Å². The number of ether oxygens (including phenoxy) is 2. The summed E-state index contributed by atoms with van der Waals surface area (Å²) in [6, 6.07) is 16.9. The fourth-order valence-electron chi connectivity index (χ4n) is 6.35. The summed E-state index contributed by atoms with van der Waals surface area (Å²) < 4.78 is 11.5. The van der Waals surface area contributed by atoms with Crippen molar-refractivity contribution < 1.29 is 23.9 Å². The number of aryl methyl sites for hydroxylation is 1. The summed E-state index contributed by atoms with van der Waals surface area (Å²) in [5, 5.41) is 3.53. The summed E-state index contributed by atoms with van der Waals surface area (Å²) in [7, 11) is 0. The number of nitrogens with one attached hydrogen (secondary N) is 2. The SMILES string of the molecule is CC(C)COC(C)ONC(=O)/C=C/c1cccc(CNCc2ccc(CC[C@H](C(=O)OC3CCCC3)C3CCCCC3)cc2)c1. The molecule has 0 heterocycles. The fourth-order valence-corrected chi connectivity index (χ4v) is 6.35. The molecule has 0 saturated heterocycles. The van der Waals surface area contributed by atoms with Gasteiger partial charge in [0.15, 0.2) is 6.29 Å². The Morgan fingerprint density at radius 1 is 0.867 bits per heavy atom. The van der Waals surface area contributed by atoms with Crippen LogP contribution in [0.25, 0.3) is 6.08 Å². The topological polar surface area (TPSA) is 85.9 Å². The van der Waals surface area contributed by atoms with Crippen molar-refractivity contribution in [2.75, 3.05) is 6.61 Å². The maximum absolute atomic E-state index is 13.2. The van der Waals surface area contributed by atoms with E-state index in [9.17, 15) is 9.59 Å². The molecule has 2 N–H and O–H groups in total. The number of esters is 1. The van der Waals surface area contributed by atoms with Crippen LogP contribution in [0.4, 0.5) is 0 Å². The average molecular weight is 619 g/mol. The molecule has 1 unspecified atom stereocenters. The van der Waals surface area contributed by atoms with Gasteiger partial charge in [-0.25, -0.2) is 10.3 Å². The maximum Gasteiger partial charge on any atom is 0.309 e. The Kier molecular flexibility index (Phi) is 14.6. The average Bonchev–Trinajstić information content (AvgIpc) is 3.56. The number of rotatable bonds is 17. The molecule has 2 aliphatic rings. The molecule has 2 aromatic rings. The van der Waals surface area contributed by atoms with Gasteiger partial charge in [0.1, 0.15) is 6.10 Å². The summed E-state index contributed by atoms with van der Waals surface area (Å²) in [5.41, 5.74) is 6.99. The van der Waals surface area contributed by atoms with Crippen LogP contribution in [-0.2, 0) is 43.4 Å². The Morgan fingerprint density at radius 3 is 2.29 bits per heavy atom. The van der Waals surface area contributed by atoms with Crippen LogP contribution < -0.4 is 10.8 Å². The fraction of sp³-hybridized carbons (Fsp3) is 0.579. The van der Waals surface area contributed by atoms with Gasteiger partial charge >= 0.3 is 5.97 Å². The normalized spacial score (nSPS) is 17.5. The van der Waals surface area contributed by atoms with Crippen LogP contribution in [0, 0.1) is 17.8 Å². The van der Waals surface area contributed by atoms with Crippen LogP contribution in [0.2, 0.25) is 0 Å². The highest BCUT2D eigenvalue weighted by Crippen LogP contribution is 2.34. The van der Waals surface area contributed by atoms with Crippen LogP contribution in [0.5, 0.6) is 0 Å². The molecule has 2 fully saturated rings. The van der Waals surface area contributed by atoms with Crippen molar-refractivity contribution in [3.63, 3.8) is 0 Å². The summed E-state index contributed by atoms with van der Waals surface area (Å²) in [6.45, 7) is 7.91. The third-order valence-corrected chi connectivity index (χ3v) is 8.90. The molecular weight excluding hydrogens is 564 g/mol. The smallest absolute Gasteiger partial charge is 0.309 e. The van der Waals surface area contributed by atoms with Gasteiger partial charge in [-0.1, -0.05) is 81.6 Å². The maximum atomic E-state index is 13.2. The summed E-state index contributed by atoms with van der Waals surface area (Å²) in [5.74, 6) is 0.616. The molecule has 2 aromatic carbocycles. The third-order valence-electron chi connectivity index (χ3n) is 8.90. The Hall–Kier alpha value is -3.00. The molecular formula is C38H54N2O5. The molecule has 7 heteroatoms. The van der Waals surface area contributed by atoms with E-state index in [2.05, 4.69) is 61.0 Å². The van der Waals surface area contributed by atoms with Gasteiger partial charge in [-0.15, -0.1) is 0 Å². The van der Waals surface area contributed by atoms with Crippen molar-refractivity contribution in [3.05, 3.63) is 76.9 Å². The Balaban J connectivity index is 1.19. The largest absolute Gasteiger partial charge is 0.462 e. The molecule has 0 bridgehead atoms. The van der Waals surface area contributed by atoms with Crippen molar-refractivity contribution in [2.45, 2.75) is 117 Å². The minimum absolute atomic E-state index is 0.0263. The molecule has 1 amide bonds. The molecule has 2 saturated carbocycles. The van der Waals surface area contributed by atoms with Gasteiger partial charge in [0, 0.05) is 19.2 Å². The van der Waals surface area contributed by atoms with Crippen molar-refractivity contribution in [1.29, 1.82) is 0 Å². The van der Waals surface area contributed by atoms with E-state index in [1.165, 1.54) is 49.3 Å². The van der Waals surface area contributed by atoms with Gasteiger partial charge in [-0.05, 0) is 98.5 Å². The zero-order valence-electron chi connectivity index (χ0n) is 27.6. The Morgan fingerprint density at radius 2 is 1.56 bits per heavy atom. The highest BCUT2D eigenvalue weighted by Gasteiger charge is 2.32. The van der Waals surface area contributed by atoms with Gasteiger partial charge in [0.05, 0.1) is 12.5 Å². The van der Waals surface area contributed by atoms with E-state index in [4.69, 9.17) is 14.3 Å². The molecule has 7 nitrogen and oxygen atoms in total. The van der Waals surface area contributed by atoms with Gasteiger partial charge in [-0.3, -0.25) is 9.59 Å². The molecule has 0 aromatic heterocycles. The zero-order chi connectivity index (χ0) is 31.9. The van der Waals surface area contributed by atoms with Crippen LogP contribution >= 0.6 is 0 Å². The molecule has 2 aliphatic carbocycles. The molecule has 0 spiro atoms. The quantitative estimate of drug-likeness (QED) is 0.0819. The number of hydroxylamine groups is 1. The number of hydrogen-bond donors (Lipinski definition) is 2. The van der Waals surface area contributed by atoms with E-state index in [1.54, 1.807) is 13.0 Å².